The first kappa shape index (κ1) is 11.6. The molecule has 88 valence electrons. The number of amides is 1. The molecule has 0 unspecified atom stereocenters. The molecule has 0 aliphatic heterocycles. The predicted octanol–water partition coefficient (Wildman–Crippen LogP) is 2.04. The van der Waals surface area contributed by atoms with E-state index in [-0.39, 0.29) is 18.2 Å². The Bertz CT molecular complexity index is 539. The van der Waals surface area contributed by atoms with Crippen LogP contribution in [0.15, 0.2) is 34.9 Å². The summed E-state index contributed by atoms with van der Waals surface area (Å²) < 4.78 is 5.12. The number of hydrogen-bond donors (Lipinski definition) is 2. The number of rotatable bonds is 3. The van der Waals surface area contributed by atoms with Crippen molar-refractivity contribution in [3.63, 3.8) is 0 Å². The molecule has 1 heterocycles. The van der Waals surface area contributed by atoms with Gasteiger partial charge in [0.2, 0.25) is 11.7 Å². The molecular weight excluding hydrogens is 242 g/mol. The summed E-state index contributed by atoms with van der Waals surface area (Å²) in [5.74, 6) is 0.0473. The van der Waals surface area contributed by atoms with E-state index in [0.29, 0.717) is 16.6 Å². The van der Waals surface area contributed by atoms with Crippen LogP contribution in [-0.2, 0) is 6.54 Å². The molecule has 0 bridgehead atoms. The number of carbonyl (C=O) groups is 1. The molecule has 6 heteroatoms. The van der Waals surface area contributed by atoms with E-state index >= 15 is 0 Å². The Morgan fingerprint density at radius 1 is 1.53 bits per heavy atom. The van der Waals surface area contributed by atoms with Crippen LogP contribution in [0.25, 0.3) is 0 Å². The lowest BCUT2D eigenvalue weighted by molar-refractivity contribution is 0.0995. The molecule has 1 aromatic carbocycles. The largest absolute Gasteiger partial charge is 0.434 e. The van der Waals surface area contributed by atoms with Crippen LogP contribution >= 0.6 is 11.6 Å². The Morgan fingerprint density at radius 3 is 3.00 bits per heavy atom. The second kappa shape index (κ2) is 4.99. The number of carbonyl (C=O) groups excluding carboxylic acids is 1. The Labute approximate surface area is 103 Å². The minimum absolute atomic E-state index is 0.116. The molecule has 2 rings (SSSR count). The Hall–Kier alpha value is -1.85. The molecule has 1 amide bonds. The third-order valence-corrected chi connectivity index (χ3v) is 2.27. The van der Waals surface area contributed by atoms with Gasteiger partial charge in [-0.25, -0.2) is 4.98 Å². The lowest BCUT2D eigenvalue weighted by Crippen LogP contribution is -2.10. The van der Waals surface area contributed by atoms with Crippen molar-refractivity contribution in [1.82, 2.24) is 4.98 Å². The fourth-order valence-corrected chi connectivity index (χ4v) is 1.46. The van der Waals surface area contributed by atoms with Gasteiger partial charge in [-0.3, -0.25) is 4.79 Å². The number of oxazole rings is 1. The molecule has 0 aliphatic rings. The Morgan fingerprint density at radius 2 is 2.35 bits per heavy atom. The summed E-state index contributed by atoms with van der Waals surface area (Å²) in [6, 6.07) is 6.82. The van der Waals surface area contributed by atoms with Crippen LogP contribution in [0.4, 0.5) is 5.69 Å². The number of anilines is 1. The summed E-state index contributed by atoms with van der Waals surface area (Å²) in [5, 5.41) is 3.18. The molecule has 1 aromatic heterocycles. The first-order valence-corrected chi connectivity index (χ1v) is 5.28. The highest BCUT2D eigenvalue weighted by atomic mass is 35.5. The van der Waals surface area contributed by atoms with Crippen LogP contribution < -0.4 is 11.1 Å². The monoisotopic (exact) mass is 251 g/mol. The van der Waals surface area contributed by atoms with Gasteiger partial charge in [0, 0.05) is 10.7 Å². The molecule has 0 saturated carbocycles. The maximum Gasteiger partial charge on any atom is 0.293 e. The van der Waals surface area contributed by atoms with E-state index in [1.807, 2.05) is 0 Å². The SMILES string of the molecule is NCc1ncc(C(=O)Nc2cccc(Cl)c2)o1. The summed E-state index contributed by atoms with van der Waals surface area (Å²) in [7, 11) is 0. The second-order valence-electron chi connectivity index (χ2n) is 3.29. The highest BCUT2D eigenvalue weighted by Crippen LogP contribution is 2.16. The van der Waals surface area contributed by atoms with Gasteiger partial charge in [0.1, 0.15) is 0 Å². The second-order valence-corrected chi connectivity index (χ2v) is 3.72. The van der Waals surface area contributed by atoms with Crippen molar-refractivity contribution < 1.29 is 9.21 Å². The number of benzene rings is 1. The number of nitrogens with one attached hydrogen (secondary N) is 1. The van der Waals surface area contributed by atoms with Crippen LogP contribution in [0.2, 0.25) is 5.02 Å². The molecule has 5 nitrogen and oxygen atoms in total. The lowest BCUT2D eigenvalue weighted by Gasteiger charge is -2.02. The van der Waals surface area contributed by atoms with E-state index in [4.69, 9.17) is 21.8 Å². The van der Waals surface area contributed by atoms with Crippen molar-refractivity contribution in [1.29, 1.82) is 0 Å². The number of aromatic nitrogens is 1. The van der Waals surface area contributed by atoms with Crippen LogP contribution in [0.1, 0.15) is 16.4 Å². The number of hydrogen-bond acceptors (Lipinski definition) is 4. The maximum atomic E-state index is 11.7. The summed E-state index contributed by atoms with van der Waals surface area (Å²) in [6.07, 6.45) is 1.34. The van der Waals surface area contributed by atoms with Gasteiger partial charge >= 0.3 is 0 Å². The van der Waals surface area contributed by atoms with Crippen molar-refractivity contribution in [2.45, 2.75) is 6.54 Å². The van der Waals surface area contributed by atoms with Crippen LogP contribution in [0, 0.1) is 0 Å². The van der Waals surface area contributed by atoms with E-state index in [2.05, 4.69) is 10.3 Å². The highest BCUT2D eigenvalue weighted by Gasteiger charge is 2.12. The van der Waals surface area contributed by atoms with Crippen molar-refractivity contribution in [3.8, 4) is 0 Å². The number of nitrogens with two attached hydrogens (primary N) is 1. The summed E-state index contributed by atoms with van der Waals surface area (Å²) in [4.78, 5) is 15.6. The van der Waals surface area contributed by atoms with Crippen LogP contribution in [0.5, 0.6) is 0 Å². The van der Waals surface area contributed by atoms with Gasteiger partial charge in [0.05, 0.1) is 12.7 Å². The molecule has 0 saturated heterocycles. The molecular formula is C11H10ClN3O2. The van der Waals surface area contributed by atoms with E-state index in [1.165, 1.54) is 6.20 Å². The molecule has 0 aliphatic carbocycles. The molecule has 0 spiro atoms. The average molecular weight is 252 g/mol. The average Bonchev–Trinajstić information content (AvgIpc) is 2.77. The fourth-order valence-electron chi connectivity index (χ4n) is 1.27. The fraction of sp³-hybridized carbons (Fsp3) is 0.0909. The molecule has 17 heavy (non-hydrogen) atoms. The summed E-state index contributed by atoms with van der Waals surface area (Å²) in [6.45, 7) is 0.157. The minimum atomic E-state index is -0.389. The topological polar surface area (TPSA) is 81.1 Å². The van der Waals surface area contributed by atoms with E-state index in [1.54, 1.807) is 24.3 Å². The number of nitrogens with zero attached hydrogens (tertiary/aromatic N) is 1. The zero-order valence-electron chi connectivity index (χ0n) is 8.81. The van der Waals surface area contributed by atoms with Gasteiger partial charge in [0.15, 0.2) is 0 Å². The van der Waals surface area contributed by atoms with Crippen molar-refractivity contribution >= 4 is 23.2 Å². The zero-order valence-corrected chi connectivity index (χ0v) is 9.57. The van der Waals surface area contributed by atoms with Gasteiger partial charge in [0.25, 0.3) is 5.91 Å². The molecule has 2 aromatic rings. The van der Waals surface area contributed by atoms with Gasteiger partial charge in [-0.2, -0.15) is 0 Å². The predicted molar refractivity (Wildman–Crippen MR) is 63.8 cm³/mol. The highest BCUT2D eigenvalue weighted by molar-refractivity contribution is 6.30. The Balaban J connectivity index is 2.11. The van der Waals surface area contributed by atoms with E-state index in [0.717, 1.165) is 0 Å². The molecule has 3 N–H and O–H groups in total. The normalized spacial score (nSPS) is 10.2. The third kappa shape index (κ3) is 2.83. The smallest absolute Gasteiger partial charge is 0.293 e. The first-order chi connectivity index (χ1) is 8.19. The van der Waals surface area contributed by atoms with Crippen LogP contribution in [0.3, 0.4) is 0 Å². The van der Waals surface area contributed by atoms with Crippen molar-refractivity contribution in [2.75, 3.05) is 5.32 Å². The van der Waals surface area contributed by atoms with Gasteiger partial charge in [-0.1, -0.05) is 17.7 Å². The quantitative estimate of drug-likeness (QED) is 0.875. The summed E-state index contributed by atoms with van der Waals surface area (Å²) in [5.41, 5.74) is 5.92. The van der Waals surface area contributed by atoms with Gasteiger partial charge in [-0.15, -0.1) is 0 Å². The van der Waals surface area contributed by atoms with Crippen molar-refractivity contribution in [3.05, 3.63) is 47.1 Å². The van der Waals surface area contributed by atoms with E-state index in [9.17, 15) is 4.79 Å². The standard InChI is InChI=1S/C11H10ClN3O2/c12-7-2-1-3-8(4-7)15-11(16)9-6-14-10(5-13)17-9/h1-4,6H,5,13H2,(H,15,16). The third-order valence-electron chi connectivity index (χ3n) is 2.03. The van der Waals surface area contributed by atoms with E-state index < -0.39 is 0 Å². The molecule has 0 fully saturated rings. The first-order valence-electron chi connectivity index (χ1n) is 4.91. The molecule has 0 radical (unpaired) electrons. The van der Waals surface area contributed by atoms with Gasteiger partial charge < -0.3 is 15.5 Å². The minimum Gasteiger partial charge on any atom is -0.434 e. The lowest BCUT2D eigenvalue weighted by atomic mass is 10.3. The zero-order chi connectivity index (χ0) is 12.3. The molecule has 0 atom stereocenters. The van der Waals surface area contributed by atoms with Gasteiger partial charge in [-0.05, 0) is 18.2 Å². The van der Waals surface area contributed by atoms with Crippen LogP contribution in [-0.4, -0.2) is 10.9 Å². The summed E-state index contributed by atoms with van der Waals surface area (Å²) >= 11 is 5.80. The maximum absolute atomic E-state index is 11.7. The Kier molecular flexibility index (Phi) is 3.41. The number of halogens is 1. The van der Waals surface area contributed by atoms with Crippen molar-refractivity contribution in [2.24, 2.45) is 5.73 Å².